The van der Waals surface area contributed by atoms with Crippen LogP contribution < -0.4 is 10.5 Å². The van der Waals surface area contributed by atoms with Gasteiger partial charge in [0, 0.05) is 13.5 Å². The minimum Gasteiger partial charge on any atom is -0.435 e. The second-order valence-corrected chi connectivity index (χ2v) is 6.74. The lowest BCUT2D eigenvalue weighted by atomic mass is 9.82. The van der Waals surface area contributed by atoms with Crippen LogP contribution in [0.25, 0.3) is 0 Å². The van der Waals surface area contributed by atoms with Gasteiger partial charge in [0.05, 0.1) is 12.2 Å². The van der Waals surface area contributed by atoms with E-state index in [1.165, 1.54) is 43.4 Å². The van der Waals surface area contributed by atoms with Crippen molar-refractivity contribution in [1.82, 2.24) is 4.90 Å². The van der Waals surface area contributed by atoms with Crippen molar-refractivity contribution in [2.45, 2.75) is 25.0 Å². The highest BCUT2D eigenvalue weighted by Crippen LogP contribution is 2.40. The molecular formula is C22H19F4N3O2. The highest BCUT2D eigenvalue weighted by atomic mass is 19.3. The Bertz CT molecular complexity index is 1060. The molecule has 0 unspecified atom stereocenters. The summed E-state index contributed by atoms with van der Waals surface area (Å²) in [7, 11) is 1.44. The Kier molecular flexibility index (Phi) is 6.49. The summed E-state index contributed by atoms with van der Waals surface area (Å²) < 4.78 is 55.8. The third kappa shape index (κ3) is 4.33. The van der Waals surface area contributed by atoms with Crippen LogP contribution >= 0.6 is 0 Å². The number of nitrogens with two attached hydrogens (primary N) is 1. The topological polar surface area (TPSA) is 67.9 Å². The number of amides is 1. The molecule has 1 aliphatic heterocycles. The summed E-state index contributed by atoms with van der Waals surface area (Å²) in [6.45, 7) is -3.52. The van der Waals surface area contributed by atoms with Crippen LogP contribution in [0.2, 0.25) is 0 Å². The lowest BCUT2D eigenvalue weighted by molar-refractivity contribution is -0.129. The first-order chi connectivity index (χ1) is 14.8. The van der Waals surface area contributed by atoms with Crippen molar-refractivity contribution in [2.24, 2.45) is 10.7 Å². The lowest BCUT2D eigenvalue weighted by Gasteiger charge is -2.26. The second kappa shape index (κ2) is 9.08. The Morgan fingerprint density at radius 2 is 1.87 bits per heavy atom. The van der Waals surface area contributed by atoms with Gasteiger partial charge >= 0.3 is 6.61 Å². The number of rotatable bonds is 6. The SMILES string of the molecule is CN1C(=O)[C@](c2ccc(OC(F)F)cc2)(c2ccc(F)c(C#CCCCF)c2)N=C1N. The molecular weight excluding hydrogens is 414 g/mol. The van der Waals surface area contributed by atoms with E-state index >= 15 is 0 Å². The summed E-state index contributed by atoms with van der Waals surface area (Å²) in [6, 6.07) is 9.32. The fourth-order valence-corrected chi connectivity index (χ4v) is 3.22. The predicted molar refractivity (Wildman–Crippen MR) is 107 cm³/mol. The number of benzene rings is 2. The van der Waals surface area contributed by atoms with E-state index in [1.807, 2.05) is 0 Å². The molecule has 1 atom stereocenters. The fraction of sp³-hybridized carbons (Fsp3) is 0.273. The van der Waals surface area contributed by atoms with Crippen molar-refractivity contribution in [3.63, 3.8) is 0 Å². The number of guanidine groups is 1. The van der Waals surface area contributed by atoms with Gasteiger partial charge in [-0.3, -0.25) is 14.1 Å². The zero-order valence-corrected chi connectivity index (χ0v) is 16.5. The van der Waals surface area contributed by atoms with Crippen LogP contribution in [-0.4, -0.2) is 37.1 Å². The van der Waals surface area contributed by atoms with E-state index in [0.717, 1.165) is 11.0 Å². The number of aliphatic imine (C=N–C) groups is 1. The van der Waals surface area contributed by atoms with E-state index in [2.05, 4.69) is 21.6 Å². The van der Waals surface area contributed by atoms with Crippen molar-refractivity contribution in [3.05, 3.63) is 65.0 Å². The van der Waals surface area contributed by atoms with Crippen LogP contribution in [0.3, 0.4) is 0 Å². The molecule has 0 aromatic heterocycles. The van der Waals surface area contributed by atoms with Crippen molar-refractivity contribution in [3.8, 4) is 17.6 Å². The van der Waals surface area contributed by atoms with Crippen molar-refractivity contribution in [1.29, 1.82) is 0 Å². The molecule has 3 rings (SSSR count). The number of carbonyl (C=O) groups excluding carboxylic acids is 1. The number of hydrogen-bond acceptors (Lipinski definition) is 4. The monoisotopic (exact) mass is 433 g/mol. The van der Waals surface area contributed by atoms with E-state index in [9.17, 15) is 22.4 Å². The van der Waals surface area contributed by atoms with E-state index in [0.29, 0.717) is 11.1 Å². The van der Waals surface area contributed by atoms with E-state index in [1.54, 1.807) is 0 Å². The first-order valence-electron chi connectivity index (χ1n) is 9.33. The molecule has 2 aromatic carbocycles. The number of likely N-dealkylation sites (N-methyl/N-ethyl adjacent to an activating group) is 1. The number of hydrogen-bond donors (Lipinski definition) is 1. The van der Waals surface area contributed by atoms with E-state index in [4.69, 9.17) is 5.73 Å². The average Bonchev–Trinajstić information content (AvgIpc) is 2.97. The number of carbonyl (C=O) groups is 1. The van der Waals surface area contributed by atoms with Gasteiger partial charge in [-0.1, -0.05) is 30.0 Å². The number of alkyl halides is 3. The van der Waals surface area contributed by atoms with E-state index in [-0.39, 0.29) is 30.1 Å². The van der Waals surface area contributed by atoms with Crippen LogP contribution in [0.1, 0.15) is 29.5 Å². The molecule has 31 heavy (non-hydrogen) atoms. The summed E-state index contributed by atoms with van der Waals surface area (Å²) in [5.41, 5.74) is 4.88. The summed E-state index contributed by atoms with van der Waals surface area (Å²) >= 11 is 0. The molecule has 1 aliphatic rings. The standard InChI is InChI=1S/C22H19F4N3O2/c1-29-19(30)22(28-21(29)27,15-6-9-17(10-7-15)31-20(25)26)16-8-11-18(24)14(13-16)5-3-2-4-12-23/h6-11,13,20H,2,4,12H2,1H3,(H2,27,28)/t22-/m0/s1. The third-order valence-corrected chi connectivity index (χ3v) is 4.78. The normalized spacial score (nSPS) is 18.1. The van der Waals surface area contributed by atoms with Crippen LogP contribution in [0.4, 0.5) is 17.6 Å². The molecule has 1 amide bonds. The summed E-state index contributed by atoms with van der Waals surface area (Å²) in [6.07, 6.45) is 0.485. The minimum absolute atomic E-state index is 0.0181. The minimum atomic E-state index is -3.00. The van der Waals surface area contributed by atoms with Gasteiger partial charge in [0.2, 0.25) is 0 Å². The highest BCUT2D eigenvalue weighted by molar-refractivity contribution is 6.08. The fourth-order valence-electron chi connectivity index (χ4n) is 3.22. The molecule has 0 radical (unpaired) electrons. The van der Waals surface area contributed by atoms with Crippen molar-refractivity contribution in [2.75, 3.05) is 13.7 Å². The molecule has 0 fully saturated rings. The Hall–Kier alpha value is -3.54. The molecule has 0 bridgehead atoms. The van der Waals surface area contributed by atoms with Crippen LogP contribution in [0, 0.1) is 17.7 Å². The van der Waals surface area contributed by atoms with Gasteiger partial charge in [-0.25, -0.2) is 9.38 Å². The lowest BCUT2D eigenvalue weighted by Crippen LogP contribution is -2.41. The Morgan fingerprint density at radius 3 is 2.45 bits per heavy atom. The molecule has 162 valence electrons. The van der Waals surface area contributed by atoms with Crippen molar-refractivity contribution < 1.29 is 27.1 Å². The van der Waals surface area contributed by atoms with E-state index < -0.39 is 30.5 Å². The third-order valence-electron chi connectivity index (χ3n) is 4.78. The van der Waals surface area contributed by atoms with Crippen LogP contribution in [0.15, 0.2) is 47.5 Å². The maximum Gasteiger partial charge on any atom is 0.387 e. The molecule has 9 heteroatoms. The highest BCUT2D eigenvalue weighted by Gasteiger charge is 2.49. The number of nitrogens with zero attached hydrogens (tertiary/aromatic N) is 2. The second-order valence-electron chi connectivity index (χ2n) is 6.74. The average molecular weight is 433 g/mol. The van der Waals surface area contributed by atoms with Crippen LogP contribution in [0.5, 0.6) is 5.75 Å². The molecule has 5 nitrogen and oxygen atoms in total. The Morgan fingerprint density at radius 1 is 1.19 bits per heavy atom. The molecule has 2 aromatic rings. The Labute approximate surface area is 176 Å². The maximum absolute atomic E-state index is 14.3. The number of unbranched alkanes of at least 4 members (excludes halogenated alkanes) is 1. The summed E-state index contributed by atoms with van der Waals surface area (Å²) in [4.78, 5) is 18.7. The summed E-state index contributed by atoms with van der Waals surface area (Å²) in [5, 5.41) is 0. The molecule has 1 heterocycles. The zero-order chi connectivity index (χ0) is 22.6. The van der Waals surface area contributed by atoms with Gasteiger partial charge in [-0.05, 0) is 41.8 Å². The molecule has 2 N–H and O–H groups in total. The van der Waals surface area contributed by atoms with Crippen molar-refractivity contribution >= 4 is 11.9 Å². The number of halogens is 4. The van der Waals surface area contributed by atoms with Gasteiger partial charge in [0.1, 0.15) is 11.6 Å². The first-order valence-corrected chi connectivity index (χ1v) is 9.33. The Balaban J connectivity index is 2.11. The molecule has 0 spiro atoms. The van der Waals surface area contributed by atoms with Gasteiger partial charge in [-0.2, -0.15) is 8.78 Å². The van der Waals surface area contributed by atoms with Gasteiger partial charge < -0.3 is 10.5 Å². The molecule has 0 aliphatic carbocycles. The maximum atomic E-state index is 14.3. The van der Waals surface area contributed by atoms with Gasteiger partial charge in [0.25, 0.3) is 5.91 Å². The number of ether oxygens (including phenoxy) is 1. The van der Waals surface area contributed by atoms with Crippen LogP contribution in [-0.2, 0) is 10.3 Å². The van der Waals surface area contributed by atoms with Gasteiger partial charge in [-0.15, -0.1) is 0 Å². The predicted octanol–water partition coefficient (Wildman–Crippen LogP) is 3.56. The summed E-state index contributed by atoms with van der Waals surface area (Å²) in [5.74, 6) is 4.08. The largest absolute Gasteiger partial charge is 0.435 e. The zero-order valence-electron chi connectivity index (χ0n) is 16.5. The molecule has 0 saturated heterocycles. The molecule has 0 saturated carbocycles. The quantitative estimate of drug-likeness (QED) is 0.430. The smallest absolute Gasteiger partial charge is 0.387 e. The van der Waals surface area contributed by atoms with Gasteiger partial charge in [0.15, 0.2) is 11.5 Å². The first kappa shape index (κ1) is 22.2.